The highest BCUT2D eigenvalue weighted by Crippen LogP contribution is 2.26. The SMILES string of the molecule is CCCC(C(CC(C)C)C(=O)N[C@@H](CCCNC(=N)N[N+](=O)[O-])C(=O)Nc1nccs1)N(O)C=O.CC[C@H](C)[C@H](NC(=O)[C@H](CC(C)C)[C@H](C(C)C)N(O)C=O)C(=O)Nc1ccccn1. The maximum Gasteiger partial charge on any atom is 0.251 e. The van der Waals surface area contributed by atoms with Crippen molar-refractivity contribution in [2.24, 2.45) is 35.5 Å². The average molecular weight is 935 g/mol. The molecule has 6 amide bonds. The van der Waals surface area contributed by atoms with Crippen LogP contribution >= 0.6 is 11.3 Å². The fourth-order valence-corrected chi connectivity index (χ4v) is 7.58. The van der Waals surface area contributed by atoms with E-state index in [9.17, 15) is 49.3 Å². The number of rotatable bonds is 28. The maximum atomic E-state index is 13.3. The molecule has 2 aromatic heterocycles. The number of amides is 6. The normalized spacial score (nSPS) is 14.2. The lowest BCUT2D eigenvalue weighted by Crippen LogP contribution is -2.54. The van der Waals surface area contributed by atoms with Gasteiger partial charge in [0.15, 0.2) is 10.2 Å². The molecule has 2 rings (SSSR count). The molecule has 2 heterocycles. The van der Waals surface area contributed by atoms with Crippen LogP contribution in [0, 0.1) is 51.0 Å². The van der Waals surface area contributed by atoms with Crippen LogP contribution in [0.2, 0.25) is 0 Å². The summed E-state index contributed by atoms with van der Waals surface area (Å²) in [5.74, 6) is -3.22. The Hall–Kier alpha value is -5.81. The molecule has 0 aliphatic heterocycles. The number of guanidine groups is 1. The highest BCUT2D eigenvalue weighted by atomic mass is 32.1. The fraction of sp³-hybridized carbons (Fsp3) is 0.643. The Kier molecular flexibility index (Phi) is 26.7. The lowest BCUT2D eigenvalue weighted by Gasteiger charge is -2.35. The van der Waals surface area contributed by atoms with Gasteiger partial charge in [-0.25, -0.2) is 30.2 Å². The molecule has 0 spiro atoms. The van der Waals surface area contributed by atoms with E-state index in [-0.39, 0.29) is 54.9 Å². The largest absolute Gasteiger partial charge is 0.352 e. The van der Waals surface area contributed by atoms with Crippen molar-refractivity contribution < 1.29 is 44.2 Å². The van der Waals surface area contributed by atoms with Gasteiger partial charge in [0.1, 0.15) is 17.9 Å². The molecule has 2 aromatic rings. The summed E-state index contributed by atoms with van der Waals surface area (Å²) in [5.41, 5.74) is 1.67. The summed E-state index contributed by atoms with van der Waals surface area (Å²) in [6, 6.07) is 2.00. The number of hydroxylamine groups is 4. The second-order valence-corrected chi connectivity index (χ2v) is 17.7. The minimum Gasteiger partial charge on any atom is -0.352 e. The Morgan fingerprint density at radius 2 is 1.48 bits per heavy atom. The van der Waals surface area contributed by atoms with E-state index >= 15 is 0 Å². The first-order chi connectivity index (χ1) is 30.7. The van der Waals surface area contributed by atoms with Crippen LogP contribution in [0.4, 0.5) is 10.9 Å². The minimum atomic E-state index is -0.980. The maximum absolute atomic E-state index is 13.3. The molecule has 0 aromatic carbocycles. The molecule has 0 aliphatic carbocycles. The molecule has 0 fully saturated rings. The number of nitrogens with one attached hydrogen (secondary N) is 7. The number of hydrogen-bond donors (Lipinski definition) is 9. The Bertz CT molecular complexity index is 1770. The number of anilines is 2. The second kappa shape index (κ2) is 30.3. The van der Waals surface area contributed by atoms with Gasteiger partial charge in [0.2, 0.25) is 36.4 Å². The van der Waals surface area contributed by atoms with E-state index in [1.165, 1.54) is 17.5 Å². The number of thiazole rings is 1. The van der Waals surface area contributed by atoms with Crippen molar-refractivity contribution in [2.75, 3.05) is 17.2 Å². The molecule has 9 N–H and O–H groups in total. The van der Waals surface area contributed by atoms with Crippen molar-refractivity contribution in [1.82, 2.24) is 41.5 Å². The summed E-state index contributed by atoms with van der Waals surface area (Å²) in [6.07, 6.45) is 6.70. The Balaban J connectivity index is 0.000000658. The Morgan fingerprint density at radius 1 is 0.846 bits per heavy atom. The van der Waals surface area contributed by atoms with E-state index in [1.807, 2.05) is 62.3 Å². The summed E-state index contributed by atoms with van der Waals surface area (Å²) < 4.78 is 0. The summed E-state index contributed by atoms with van der Waals surface area (Å²) in [4.78, 5) is 93.4. The monoisotopic (exact) mass is 935 g/mol. The summed E-state index contributed by atoms with van der Waals surface area (Å²) >= 11 is 1.21. The van der Waals surface area contributed by atoms with E-state index in [2.05, 4.69) is 36.6 Å². The molecule has 22 nitrogen and oxygen atoms in total. The van der Waals surface area contributed by atoms with Crippen LogP contribution in [-0.4, -0.2) is 109 Å². The van der Waals surface area contributed by atoms with Crippen molar-refractivity contribution >= 4 is 64.7 Å². The minimum absolute atomic E-state index is 0.0806. The van der Waals surface area contributed by atoms with Gasteiger partial charge in [-0.05, 0) is 67.9 Å². The quantitative estimate of drug-likeness (QED) is 0.0109. The fourth-order valence-electron chi connectivity index (χ4n) is 7.05. The summed E-state index contributed by atoms with van der Waals surface area (Å²) in [5, 5.41) is 53.8. The summed E-state index contributed by atoms with van der Waals surface area (Å²) in [6.45, 7) is 17.3. The first kappa shape index (κ1) is 57.2. The third kappa shape index (κ3) is 21.2. The molecular formula is C42H70N12O10S. The molecule has 23 heteroatoms. The van der Waals surface area contributed by atoms with Gasteiger partial charge in [0, 0.05) is 24.3 Å². The molecule has 0 saturated heterocycles. The third-order valence-electron chi connectivity index (χ3n) is 10.3. The van der Waals surface area contributed by atoms with Crippen LogP contribution < -0.4 is 32.0 Å². The van der Waals surface area contributed by atoms with Gasteiger partial charge in [-0.3, -0.25) is 44.6 Å². The standard InChI is InChI=1S/C22H36N4O4.C20H34N8O6S/c1-7-16(6)19(22(29)24-18-10-8-9-11-23-18)25-21(28)17(12-14(2)3)20(15(4)5)26(30)13-27;1-4-6-16(27(32)12-29)14(11-13(2)3)17(30)24-15(18(31)25-20-23-9-10-35-20)7-5-8-22-19(21)26-28(33)34/h8-11,13-17,19-20,30H,7,12H2,1-6H3,(H,25,28)(H,23,24,29);9-10,12-16,32H,4-8,11H2,1-3H3,(H,24,30)(H3,21,22,26)(H,23,25,31)/t16-,17+,19-,20-;14?,15-,16?/m00/s1. The molecule has 0 aliphatic rings. The number of aromatic nitrogens is 2. The van der Waals surface area contributed by atoms with Crippen LogP contribution in [0.15, 0.2) is 36.0 Å². The van der Waals surface area contributed by atoms with Gasteiger partial charge in [-0.1, -0.05) is 86.6 Å². The predicted molar refractivity (Wildman–Crippen MR) is 245 cm³/mol. The topological polar surface area (TPSA) is 314 Å². The molecule has 0 radical (unpaired) electrons. The number of hydrazine groups is 1. The molecule has 65 heavy (non-hydrogen) atoms. The van der Waals surface area contributed by atoms with Gasteiger partial charge in [-0.15, -0.1) is 11.3 Å². The molecule has 2 unspecified atom stereocenters. The van der Waals surface area contributed by atoms with Crippen molar-refractivity contribution in [3.63, 3.8) is 0 Å². The lowest BCUT2D eigenvalue weighted by molar-refractivity contribution is -0.525. The zero-order chi connectivity index (χ0) is 49.2. The highest BCUT2D eigenvalue weighted by Gasteiger charge is 2.38. The Morgan fingerprint density at radius 3 is 1.98 bits per heavy atom. The van der Waals surface area contributed by atoms with Crippen LogP contribution in [0.1, 0.15) is 107 Å². The first-order valence-electron chi connectivity index (χ1n) is 21.8. The van der Waals surface area contributed by atoms with Gasteiger partial charge in [0.25, 0.3) is 5.96 Å². The molecule has 0 saturated carbocycles. The highest BCUT2D eigenvalue weighted by molar-refractivity contribution is 7.13. The number of nitro groups is 1. The van der Waals surface area contributed by atoms with Gasteiger partial charge in [-0.2, -0.15) is 0 Å². The van der Waals surface area contributed by atoms with Crippen LogP contribution in [0.5, 0.6) is 0 Å². The van der Waals surface area contributed by atoms with E-state index in [0.29, 0.717) is 66.0 Å². The average Bonchev–Trinajstić information content (AvgIpc) is 3.76. The van der Waals surface area contributed by atoms with Crippen LogP contribution in [-0.2, 0) is 28.8 Å². The first-order valence-corrected chi connectivity index (χ1v) is 22.7. The van der Waals surface area contributed by atoms with Crippen molar-refractivity contribution in [3.05, 3.63) is 46.1 Å². The Labute approximate surface area is 385 Å². The zero-order valence-electron chi connectivity index (χ0n) is 38.9. The number of nitrogens with zero attached hydrogens (tertiary/aromatic N) is 5. The molecule has 364 valence electrons. The molecule has 0 bridgehead atoms. The number of pyridine rings is 1. The van der Waals surface area contributed by atoms with Crippen LogP contribution in [0.25, 0.3) is 0 Å². The van der Waals surface area contributed by atoms with Crippen molar-refractivity contribution in [1.29, 1.82) is 5.41 Å². The van der Waals surface area contributed by atoms with E-state index in [0.717, 1.165) is 0 Å². The molecular weight excluding hydrogens is 865 g/mol. The number of carbonyl (C=O) groups excluding carboxylic acids is 6. The third-order valence-corrected chi connectivity index (χ3v) is 11.0. The predicted octanol–water partition coefficient (Wildman–Crippen LogP) is 4.42. The summed E-state index contributed by atoms with van der Waals surface area (Å²) in [7, 11) is 0. The van der Waals surface area contributed by atoms with Gasteiger partial charge >= 0.3 is 0 Å². The second-order valence-electron chi connectivity index (χ2n) is 16.8. The number of carbonyl (C=O) groups is 6. The molecule has 7 atom stereocenters. The van der Waals surface area contributed by atoms with Crippen molar-refractivity contribution in [2.45, 2.75) is 131 Å². The zero-order valence-corrected chi connectivity index (χ0v) is 39.7. The van der Waals surface area contributed by atoms with Crippen molar-refractivity contribution in [3.8, 4) is 0 Å². The van der Waals surface area contributed by atoms with E-state index < -0.39 is 58.8 Å². The van der Waals surface area contributed by atoms with Gasteiger partial charge < -0.3 is 26.6 Å². The van der Waals surface area contributed by atoms with Gasteiger partial charge in [0.05, 0.1) is 23.9 Å². The van der Waals surface area contributed by atoms with Crippen LogP contribution in [0.3, 0.4) is 0 Å². The number of hydrogen-bond acceptors (Lipinski definition) is 14. The smallest absolute Gasteiger partial charge is 0.251 e. The van der Waals surface area contributed by atoms with E-state index in [1.54, 1.807) is 35.2 Å². The van der Waals surface area contributed by atoms with E-state index in [4.69, 9.17) is 5.41 Å². The lowest BCUT2D eigenvalue weighted by atomic mass is 9.83.